The first kappa shape index (κ1) is 23.0. The average Bonchev–Trinajstić information content (AvgIpc) is 3.09. The summed E-state index contributed by atoms with van der Waals surface area (Å²) in [6.07, 6.45) is 8.42. The second kappa shape index (κ2) is 9.34. The molecule has 1 unspecified atom stereocenters. The van der Waals surface area contributed by atoms with Crippen LogP contribution < -0.4 is 0 Å². The van der Waals surface area contributed by atoms with Crippen LogP contribution in [0.1, 0.15) is 76.1 Å². The van der Waals surface area contributed by atoms with Gasteiger partial charge in [-0.05, 0) is 67.3 Å². The molecule has 2 aromatic carbocycles. The van der Waals surface area contributed by atoms with Gasteiger partial charge in [-0.15, -0.1) is 0 Å². The number of fused-ring (bicyclic) bond motifs is 1. The van der Waals surface area contributed by atoms with E-state index in [9.17, 15) is 12.8 Å². The van der Waals surface area contributed by atoms with Crippen LogP contribution in [0.5, 0.6) is 0 Å². The van der Waals surface area contributed by atoms with E-state index in [1.54, 1.807) is 13.0 Å². The van der Waals surface area contributed by atoms with Gasteiger partial charge in [0.2, 0.25) is 0 Å². The first-order chi connectivity index (χ1) is 15.3. The SMILES string of the molecule is Cc1nc2c(C3CCC[C@H](C)CCC[C@H](C)C3)cccc2n1S(=O)(=O)c1cccc(F)c1. The van der Waals surface area contributed by atoms with Crippen LogP contribution in [0, 0.1) is 24.6 Å². The van der Waals surface area contributed by atoms with E-state index >= 15 is 0 Å². The summed E-state index contributed by atoms with van der Waals surface area (Å²) >= 11 is 0. The molecule has 1 aliphatic rings. The Labute approximate surface area is 190 Å². The summed E-state index contributed by atoms with van der Waals surface area (Å²) < 4.78 is 41.8. The molecule has 0 radical (unpaired) electrons. The number of aromatic nitrogens is 2. The lowest BCUT2D eigenvalue weighted by molar-refractivity contribution is 0.345. The fourth-order valence-corrected chi connectivity index (χ4v) is 6.78. The number of aryl methyl sites for hydroxylation is 1. The Morgan fingerprint density at radius 3 is 2.41 bits per heavy atom. The van der Waals surface area contributed by atoms with Crippen molar-refractivity contribution in [3.05, 3.63) is 59.7 Å². The maximum atomic E-state index is 13.8. The molecule has 1 aliphatic carbocycles. The molecule has 0 aliphatic heterocycles. The first-order valence-electron chi connectivity index (χ1n) is 11.8. The van der Waals surface area contributed by atoms with Crippen molar-refractivity contribution in [3.8, 4) is 0 Å². The van der Waals surface area contributed by atoms with Crippen molar-refractivity contribution in [2.24, 2.45) is 11.8 Å². The highest BCUT2D eigenvalue weighted by molar-refractivity contribution is 7.90. The maximum Gasteiger partial charge on any atom is 0.269 e. The van der Waals surface area contributed by atoms with E-state index in [4.69, 9.17) is 4.98 Å². The van der Waals surface area contributed by atoms with Crippen LogP contribution in [-0.4, -0.2) is 17.4 Å². The second-order valence-corrected chi connectivity index (χ2v) is 11.4. The summed E-state index contributed by atoms with van der Waals surface area (Å²) in [7, 11) is -3.95. The second-order valence-electron chi connectivity index (χ2n) is 9.61. The Kier molecular flexibility index (Phi) is 6.70. The Morgan fingerprint density at radius 2 is 1.66 bits per heavy atom. The number of nitrogens with zero attached hydrogens (tertiary/aromatic N) is 2. The van der Waals surface area contributed by atoms with Gasteiger partial charge in [-0.3, -0.25) is 0 Å². The number of para-hydroxylation sites is 1. The summed E-state index contributed by atoms with van der Waals surface area (Å²) in [4.78, 5) is 4.67. The lowest BCUT2D eigenvalue weighted by Crippen LogP contribution is -2.15. The van der Waals surface area contributed by atoms with Crippen LogP contribution in [-0.2, 0) is 10.0 Å². The van der Waals surface area contributed by atoms with E-state index in [-0.39, 0.29) is 4.90 Å². The van der Waals surface area contributed by atoms with Gasteiger partial charge in [-0.1, -0.05) is 64.2 Å². The van der Waals surface area contributed by atoms with E-state index in [0.717, 1.165) is 35.9 Å². The van der Waals surface area contributed by atoms with Gasteiger partial charge in [0.25, 0.3) is 10.0 Å². The van der Waals surface area contributed by atoms with E-state index in [1.165, 1.54) is 54.3 Å². The third-order valence-electron chi connectivity index (χ3n) is 6.94. The number of rotatable bonds is 3. The summed E-state index contributed by atoms with van der Waals surface area (Å²) in [6.45, 7) is 6.39. The minimum atomic E-state index is -3.95. The number of imidazole rings is 1. The Hall–Kier alpha value is -2.21. The fraction of sp³-hybridized carbons (Fsp3) is 0.500. The van der Waals surface area contributed by atoms with Crippen molar-refractivity contribution in [2.45, 2.75) is 76.5 Å². The minimum Gasteiger partial charge on any atom is -0.232 e. The van der Waals surface area contributed by atoms with Gasteiger partial charge >= 0.3 is 0 Å². The van der Waals surface area contributed by atoms with Crippen LogP contribution in [0.15, 0.2) is 47.4 Å². The zero-order chi connectivity index (χ0) is 22.9. The van der Waals surface area contributed by atoms with Crippen molar-refractivity contribution in [3.63, 3.8) is 0 Å². The highest BCUT2D eigenvalue weighted by atomic mass is 32.2. The predicted molar refractivity (Wildman–Crippen MR) is 127 cm³/mol. The third-order valence-corrected chi connectivity index (χ3v) is 8.73. The van der Waals surface area contributed by atoms with Crippen LogP contribution >= 0.6 is 0 Å². The largest absolute Gasteiger partial charge is 0.269 e. The Morgan fingerprint density at radius 1 is 0.969 bits per heavy atom. The van der Waals surface area contributed by atoms with Gasteiger partial charge in [0, 0.05) is 0 Å². The number of hydrogen-bond donors (Lipinski definition) is 0. The molecule has 32 heavy (non-hydrogen) atoms. The molecule has 4 nitrogen and oxygen atoms in total. The minimum absolute atomic E-state index is 0.0633. The molecular formula is C26H33FN2O2S. The van der Waals surface area contributed by atoms with Crippen molar-refractivity contribution in [2.75, 3.05) is 0 Å². The average molecular weight is 457 g/mol. The quantitative estimate of drug-likeness (QED) is 0.434. The molecule has 6 heteroatoms. The molecule has 1 saturated carbocycles. The smallest absolute Gasteiger partial charge is 0.232 e. The monoisotopic (exact) mass is 456 g/mol. The highest BCUT2D eigenvalue weighted by Gasteiger charge is 2.26. The lowest BCUT2D eigenvalue weighted by atomic mass is 9.81. The van der Waals surface area contributed by atoms with Crippen molar-refractivity contribution in [1.82, 2.24) is 8.96 Å². The molecule has 3 atom stereocenters. The molecule has 0 N–H and O–H groups in total. The van der Waals surface area contributed by atoms with Gasteiger partial charge in [0.05, 0.1) is 15.9 Å². The predicted octanol–water partition coefficient (Wildman–Crippen LogP) is 6.82. The molecule has 1 heterocycles. The van der Waals surface area contributed by atoms with Crippen molar-refractivity contribution >= 4 is 21.1 Å². The van der Waals surface area contributed by atoms with Gasteiger partial charge < -0.3 is 0 Å². The topological polar surface area (TPSA) is 52.0 Å². The molecular weight excluding hydrogens is 423 g/mol. The normalized spacial score (nSPS) is 23.3. The van der Waals surface area contributed by atoms with E-state index < -0.39 is 15.8 Å². The van der Waals surface area contributed by atoms with Crippen LogP contribution in [0.4, 0.5) is 4.39 Å². The van der Waals surface area contributed by atoms with Gasteiger partial charge in [0.15, 0.2) is 0 Å². The van der Waals surface area contributed by atoms with Crippen molar-refractivity contribution in [1.29, 1.82) is 0 Å². The molecule has 172 valence electrons. The van der Waals surface area contributed by atoms with E-state index in [2.05, 4.69) is 19.9 Å². The first-order valence-corrected chi connectivity index (χ1v) is 13.2. The summed E-state index contributed by atoms with van der Waals surface area (Å²) in [5, 5.41) is 0. The van der Waals surface area contributed by atoms with E-state index in [1.807, 2.05) is 6.07 Å². The summed E-state index contributed by atoms with van der Waals surface area (Å²) in [5.74, 6) is 1.57. The summed E-state index contributed by atoms with van der Waals surface area (Å²) in [6, 6.07) is 11.0. The highest BCUT2D eigenvalue weighted by Crippen LogP contribution is 2.37. The number of halogens is 1. The number of hydrogen-bond acceptors (Lipinski definition) is 3. The van der Waals surface area contributed by atoms with Gasteiger partial charge in [-0.2, -0.15) is 0 Å². The Balaban J connectivity index is 1.78. The maximum absolute atomic E-state index is 13.8. The standard InChI is InChI=1S/C26H33FN2O2S/c1-18-8-4-10-19(2)16-21(11-5-9-18)24-14-7-15-25-26(24)28-20(3)29(25)32(30,31)23-13-6-12-22(27)17-23/h6-7,12-15,17-19,21H,4-5,8-11,16H2,1-3H3/t18-,19+,21?/m1/s1. The van der Waals surface area contributed by atoms with Crippen LogP contribution in [0.2, 0.25) is 0 Å². The molecule has 0 spiro atoms. The molecule has 0 bridgehead atoms. The molecule has 0 amide bonds. The van der Waals surface area contributed by atoms with E-state index in [0.29, 0.717) is 23.2 Å². The van der Waals surface area contributed by atoms with Crippen LogP contribution in [0.25, 0.3) is 11.0 Å². The molecule has 3 aromatic rings. The van der Waals surface area contributed by atoms with Crippen LogP contribution in [0.3, 0.4) is 0 Å². The Bertz CT molecular complexity index is 1200. The molecule has 1 aromatic heterocycles. The molecule has 1 fully saturated rings. The van der Waals surface area contributed by atoms with Crippen molar-refractivity contribution < 1.29 is 12.8 Å². The van der Waals surface area contributed by atoms with Gasteiger partial charge in [0.1, 0.15) is 11.6 Å². The number of benzene rings is 2. The summed E-state index contributed by atoms with van der Waals surface area (Å²) in [5.41, 5.74) is 2.47. The molecule has 0 saturated heterocycles. The zero-order valence-corrected chi connectivity index (χ0v) is 20.0. The third kappa shape index (κ3) is 4.61. The zero-order valence-electron chi connectivity index (χ0n) is 19.2. The van der Waals surface area contributed by atoms with Gasteiger partial charge in [-0.25, -0.2) is 21.8 Å². The fourth-order valence-electron chi connectivity index (χ4n) is 5.26. The molecule has 4 rings (SSSR count). The lowest BCUT2D eigenvalue weighted by Gasteiger charge is -2.25.